The first kappa shape index (κ1) is 19.9. The predicted octanol–water partition coefficient (Wildman–Crippen LogP) is 5.42. The number of aromatic nitrogens is 1. The van der Waals surface area contributed by atoms with Gasteiger partial charge in [0.1, 0.15) is 0 Å². The third-order valence-corrected chi connectivity index (χ3v) is 5.40. The molecule has 0 saturated heterocycles. The van der Waals surface area contributed by atoms with E-state index in [1.165, 1.54) is 27.5 Å². The van der Waals surface area contributed by atoms with Crippen molar-refractivity contribution in [2.75, 3.05) is 33.0 Å². The van der Waals surface area contributed by atoms with Gasteiger partial charge in [0.05, 0.1) is 43.1 Å². The lowest BCUT2D eigenvalue weighted by Crippen LogP contribution is -2.29. The quantitative estimate of drug-likeness (QED) is 0.456. The lowest BCUT2D eigenvalue weighted by atomic mass is 9.96. The minimum Gasteiger partial charge on any atom is -0.379 e. The molecule has 2 aromatic carbocycles. The molecule has 1 heterocycles. The summed E-state index contributed by atoms with van der Waals surface area (Å²) < 4.78 is 19.3. The van der Waals surface area contributed by atoms with Gasteiger partial charge in [-0.05, 0) is 32.1 Å². The molecule has 4 nitrogen and oxygen atoms in total. The predicted molar refractivity (Wildman–Crippen MR) is 119 cm³/mol. The largest absolute Gasteiger partial charge is 0.379 e. The monoisotopic (exact) mass is 391 g/mol. The number of rotatable bonds is 9. The molecular weight excluding hydrogens is 362 g/mol. The van der Waals surface area contributed by atoms with Gasteiger partial charge in [-0.1, -0.05) is 48.6 Å². The molecule has 1 aliphatic carbocycles. The van der Waals surface area contributed by atoms with E-state index in [1.54, 1.807) is 0 Å². The number of benzene rings is 2. The number of para-hydroxylation sites is 2. The Morgan fingerprint density at radius 1 is 0.862 bits per heavy atom. The highest BCUT2D eigenvalue weighted by Gasteiger charge is 2.24. The molecular formula is C25H29NO3. The van der Waals surface area contributed by atoms with Crippen molar-refractivity contribution in [3.63, 3.8) is 0 Å². The summed E-state index contributed by atoms with van der Waals surface area (Å²) in [6, 6.07) is 17.2. The van der Waals surface area contributed by atoms with E-state index in [1.807, 2.05) is 6.92 Å². The van der Waals surface area contributed by atoms with E-state index in [0.717, 1.165) is 13.0 Å². The van der Waals surface area contributed by atoms with E-state index in [-0.39, 0.29) is 5.60 Å². The van der Waals surface area contributed by atoms with Gasteiger partial charge in [-0.3, -0.25) is 0 Å². The van der Waals surface area contributed by atoms with Crippen LogP contribution in [0.2, 0.25) is 0 Å². The first-order valence-corrected chi connectivity index (χ1v) is 10.4. The molecule has 0 aliphatic heterocycles. The summed E-state index contributed by atoms with van der Waals surface area (Å²) in [4.78, 5) is 0. The van der Waals surface area contributed by atoms with Crippen LogP contribution in [0, 0.1) is 0 Å². The number of hydrogen-bond donors (Lipinski definition) is 0. The number of nitrogens with zero attached hydrogens (tertiary/aromatic N) is 1. The Labute approximate surface area is 172 Å². The molecule has 4 rings (SSSR count). The van der Waals surface area contributed by atoms with Crippen LogP contribution < -0.4 is 0 Å². The molecule has 29 heavy (non-hydrogen) atoms. The maximum atomic E-state index is 6.11. The van der Waals surface area contributed by atoms with E-state index in [9.17, 15) is 0 Å². The minimum absolute atomic E-state index is 0.300. The van der Waals surface area contributed by atoms with Gasteiger partial charge < -0.3 is 18.8 Å². The summed E-state index contributed by atoms with van der Waals surface area (Å²) in [5.74, 6) is 0. The van der Waals surface area contributed by atoms with Crippen LogP contribution in [0.5, 0.6) is 0 Å². The van der Waals surface area contributed by atoms with Crippen LogP contribution in [-0.2, 0) is 14.2 Å². The zero-order valence-corrected chi connectivity index (χ0v) is 17.3. The van der Waals surface area contributed by atoms with E-state index < -0.39 is 0 Å². The summed E-state index contributed by atoms with van der Waals surface area (Å²) in [6.07, 6.45) is 7.46. The van der Waals surface area contributed by atoms with Gasteiger partial charge >= 0.3 is 0 Å². The molecule has 152 valence electrons. The molecule has 1 unspecified atom stereocenters. The lowest BCUT2D eigenvalue weighted by molar-refractivity contribution is -0.0355. The molecule has 0 amide bonds. The SMILES string of the molecule is CCOCCOCCOC1(C)C=CC(n2c3ccccc3c3ccccc32)=CC1. The Bertz CT molecular complexity index is 980. The van der Waals surface area contributed by atoms with Crippen molar-refractivity contribution in [1.82, 2.24) is 4.57 Å². The second-order valence-electron chi connectivity index (χ2n) is 7.51. The van der Waals surface area contributed by atoms with Gasteiger partial charge in [0, 0.05) is 29.5 Å². The molecule has 0 spiro atoms. The summed E-state index contributed by atoms with van der Waals surface area (Å²) in [6.45, 7) is 7.25. The zero-order valence-electron chi connectivity index (χ0n) is 17.3. The first-order valence-electron chi connectivity index (χ1n) is 10.4. The van der Waals surface area contributed by atoms with Gasteiger partial charge in [-0.15, -0.1) is 0 Å². The third-order valence-electron chi connectivity index (χ3n) is 5.40. The number of allylic oxidation sites excluding steroid dienone is 2. The van der Waals surface area contributed by atoms with Crippen molar-refractivity contribution in [1.29, 1.82) is 0 Å². The number of ether oxygens (including phenoxy) is 3. The van der Waals surface area contributed by atoms with Crippen LogP contribution in [0.4, 0.5) is 0 Å². The molecule has 0 fully saturated rings. The molecule has 1 aliphatic rings. The molecule has 0 bridgehead atoms. The van der Waals surface area contributed by atoms with E-state index in [0.29, 0.717) is 26.4 Å². The van der Waals surface area contributed by atoms with Crippen molar-refractivity contribution in [3.05, 3.63) is 66.8 Å². The molecule has 0 radical (unpaired) electrons. The Balaban J connectivity index is 1.46. The Morgan fingerprint density at radius 3 is 2.10 bits per heavy atom. The number of hydrogen-bond acceptors (Lipinski definition) is 3. The average Bonchev–Trinajstić information content (AvgIpc) is 3.08. The average molecular weight is 392 g/mol. The minimum atomic E-state index is -0.300. The summed E-state index contributed by atoms with van der Waals surface area (Å²) in [7, 11) is 0. The normalized spacial score (nSPS) is 19.2. The van der Waals surface area contributed by atoms with Gasteiger partial charge in [-0.2, -0.15) is 0 Å². The zero-order chi connectivity index (χ0) is 20.1. The second-order valence-corrected chi connectivity index (χ2v) is 7.51. The van der Waals surface area contributed by atoms with Crippen molar-refractivity contribution in [2.45, 2.75) is 25.9 Å². The van der Waals surface area contributed by atoms with Crippen molar-refractivity contribution in [2.24, 2.45) is 0 Å². The molecule has 1 atom stereocenters. The lowest BCUT2D eigenvalue weighted by Gasteiger charge is -2.29. The van der Waals surface area contributed by atoms with Crippen molar-refractivity contribution >= 4 is 27.5 Å². The van der Waals surface area contributed by atoms with E-state index in [2.05, 4.69) is 78.2 Å². The standard InChI is InChI=1S/C25H29NO3/c1-3-27-16-17-28-18-19-29-25(2)14-12-20(13-15-25)26-23-10-6-4-8-21(23)22-9-5-7-11-24(22)26/h4-14H,3,15-19H2,1-2H3. The second kappa shape index (κ2) is 8.95. The topological polar surface area (TPSA) is 32.6 Å². The maximum absolute atomic E-state index is 6.11. The van der Waals surface area contributed by atoms with Crippen LogP contribution in [0.1, 0.15) is 20.3 Å². The maximum Gasteiger partial charge on any atom is 0.0874 e. The summed E-state index contributed by atoms with van der Waals surface area (Å²) in [5, 5.41) is 2.57. The summed E-state index contributed by atoms with van der Waals surface area (Å²) in [5.41, 5.74) is 3.36. The highest BCUT2D eigenvalue weighted by atomic mass is 16.5. The van der Waals surface area contributed by atoms with Crippen LogP contribution in [0.3, 0.4) is 0 Å². The van der Waals surface area contributed by atoms with E-state index >= 15 is 0 Å². The highest BCUT2D eigenvalue weighted by molar-refractivity contribution is 6.10. The third kappa shape index (κ3) is 4.30. The fraction of sp³-hybridized carbons (Fsp3) is 0.360. The van der Waals surface area contributed by atoms with Crippen molar-refractivity contribution in [3.8, 4) is 0 Å². The molecule has 3 aromatic rings. The molecule has 4 heteroatoms. The smallest absolute Gasteiger partial charge is 0.0874 e. The Kier molecular flexibility index (Phi) is 6.14. The van der Waals surface area contributed by atoms with Gasteiger partial charge in [0.25, 0.3) is 0 Å². The molecule has 0 saturated carbocycles. The Hall–Kier alpha value is -2.40. The number of fused-ring (bicyclic) bond motifs is 3. The van der Waals surface area contributed by atoms with Gasteiger partial charge in [0.2, 0.25) is 0 Å². The Morgan fingerprint density at radius 2 is 1.48 bits per heavy atom. The summed E-state index contributed by atoms with van der Waals surface area (Å²) >= 11 is 0. The highest BCUT2D eigenvalue weighted by Crippen LogP contribution is 2.34. The van der Waals surface area contributed by atoms with E-state index in [4.69, 9.17) is 14.2 Å². The first-order chi connectivity index (χ1) is 14.2. The van der Waals surface area contributed by atoms with Crippen molar-refractivity contribution < 1.29 is 14.2 Å². The van der Waals surface area contributed by atoms with Crippen LogP contribution in [0.15, 0.2) is 66.8 Å². The fourth-order valence-corrected chi connectivity index (χ4v) is 3.88. The molecule has 0 N–H and O–H groups in total. The van der Waals surface area contributed by atoms with Crippen LogP contribution >= 0.6 is 0 Å². The van der Waals surface area contributed by atoms with Gasteiger partial charge in [-0.25, -0.2) is 0 Å². The van der Waals surface area contributed by atoms with Crippen LogP contribution in [0.25, 0.3) is 27.5 Å². The van der Waals surface area contributed by atoms with Crippen LogP contribution in [-0.4, -0.2) is 43.2 Å². The molecule has 1 aromatic heterocycles. The van der Waals surface area contributed by atoms with Gasteiger partial charge in [0.15, 0.2) is 0 Å². The fourth-order valence-electron chi connectivity index (χ4n) is 3.88.